The Hall–Kier alpha value is -2.99. The van der Waals surface area contributed by atoms with Crippen LogP contribution in [0.2, 0.25) is 0 Å². The normalized spacial score (nSPS) is 11.0. The van der Waals surface area contributed by atoms with Gasteiger partial charge in [0.1, 0.15) is 11.6 Å². The Morgan fingerprint density at radius 1 is 1.15 bits per heavy atom. The van der Waals surface area contributed by atoms with Gasteiger partial charge < -0.3 is 4.42 Å². The summed E-state index contributed by atoms with van der Waals surface area (Å²) in [6, 6.07) is 15.2. The van der Waals surface area contributed by atoms with Gasteiger partial charge in [-0.15, -0.1) is 0 Å². The van der Waals surface area contributed by atoms with Crippen molar-refractivity contribution in [1.29, 1.82) is 0 Å². The Labute approximate surface area is 159 Å². The number of nitrogens with zero attached hydrogens (tertiary/aromatic N) is 2. The van der Waals surface area contributed by atoms with E-state index in [0.29, 0.717) is 16.5 Å². The van der Waals surface area contributed by atoms with Gasteiger partial charge in [-0.05, 0) is 54.4 Å². The number of aromatic nitrogens is 1. The van der Waals surface area contributed by atoms with Gasteiger partial charge in [0, 0.05) is 5.56 Å². The Bertz CT molecular complexity index is 1070. The first-order valence-corrected chi connectivity index (χ1v) is 9.45. The summed E-state index contributed by atoms with van der Waals surface area (Å²) in [5.41, 5.74) is 2.46. The molecule has 0 aliphatic rings. The summed E-state index contributed by atoms with van der Waals surface area (Å²) in [5.74, 6) is 0.0284. The van der Waals surface area contributed by atoms with E-state index in [1.165, 1.54) is 35.6 Å². The average Bonchev–Trinajstić information content (AvgIpc) is 3.35. The van der Waals surface area contributed by atoms with Crippen LogP contribution >= 0.6 is 11.3 Å². The topological polar surface area (TPSA) is 46.3 Å². The number of carbonyl (C=O) groups is 1. The zero-order chi connectivity index (χ0) is 18.8. The SMILES string of the molecule is CCc1cccc2sc(N(Cc3ccco3)C(=O)c3ccc(F)cc3)nc12. The molecule has 4 rings (SSSR count). The van der Waals surface area contributed by atoms with Crippen LogP contribution in [-0.4, -0.2) is 10.9 Å². The minimum atomic E-state index is -0.378. The van der Waals surface area contributed by atoms with Crippen LogP contribution in [0.5, 0.6) is 0 Å². The fourth-order valence-electron chi connectivity index (χ4n) is 2.93. The number of hydrogen-bond acceptors (Lipinski definition) is 4. The summed E-state index contributed by atoms with van der Waals surface area (Å²) in [7, 11) is 0. The maximum atomic E-state index is 13.3. The number of anilines is 1. The van der Waals surface area contributed by atoms with Crippen LogP contribution in [0.1, 0.15) is 28.6 Å². The molecular formula is C21H17FN2O2S. The molecule has 0 saturated heterocycles. The molecule has 2 aromatic heterocycles. The Kier molecular flexibility index (Phi) is 4.73. The van der Waals surface area contributed by atoms with Gasteiger partial charge in [0.25, 0.3) is 5.91 Å². The Morgan fingerprint density at radius 2 is 1.96 bits per heavy atom. The molecule has 0 aliphatic heterocycles. The van der Waals surface area contributed by atoms with E-state index in [1.807, 2.05) is 24.3 Å². The number of aryl methyl sites for hydroxylation is 1. The molecule has 0 unspecified atom stereocenters. The molecule has 2 heterocycles. The highest BCUT2D eigenvalue weighted by atomic mass is 32.1. The van der Waals surface area contributed by atoms with E-state index in [0.717, 1.165) is 22.2 Å². The number of thiazole rings is 1. The van der Waals surface area contributed by atoms with Gasteiger partial charge in [-0.25, -0.2) is 9.37 Å². The zero-order valence-electron chi connectivity index (χ0n) is 14.7. The molecule has 0 radical (unpaired) electrons. The lowest BCUT2D eigenvalue weighted by molar-refractivity contribution is 0.0983. The van der Waals surface area contributed by atoms with Crippen LogP contribution in [0.4, 0.5) is 9.52 Å². The molecule has 0 saturated carbocycles. The fraction of sp³-hybridized carbons (Fsp3) is 0.143. The molecule has 2 aromatic carbocycles. The number of carbonyl (C=O) groups excluding carboxylic acids is 1. The number of rotatable bonds is 5. The van der Waals surface area contributed by atoms with Crippen LogP contribution < -0.4 is 4.90 Å². The van der Waals surface area contributed by atoms with Crippen molar-refractivity contribution in [3.8, 4) is 0 Å². The van der Waals surface area contributed by atoms with Crippen LogP contribution in [0.15, 0.2) is 65.3 Å². The van der Waals surface area contributed by atoms with Crippen molar-refractivity contribution in [3.63, 3.8) is 0 Å². The molecule has 136 valence electrons. The molecule has 0 spiro atoms. The van der Waals surface area contributed by atoms with E-state index in [9.17, 15) is 9.18 Å². The highest BCUT2D eigenvalue weighted by Crippen LogP contribution is 2.32. The van der Waals surface area contributed by atoms with Gasteiger partial charge in [-0.1, -0.05) is 30.4 Å². The highest BCUT2D eigenvalue weighted by molar-refractivity contribution is 7.22. The van der Waals surface area contributed by atoms with E-state index < -0.39 is 0 Å². The van der Waals surface area contributed by atoms with Gasteiger partial charge in [0.05, 0.1) is 23.0 Å². The third-order valence-electron chi connectivity index (χ3n) is 4.33. The fourth-order valence-corrected chi connectivity index (χ4v) is 3.94. The minimum Gasteiger partial charge on any atom is -0.467 e. The van der Waals surface area contributed by atoms with Gasteiger partial charge in [-0.2, -0.15) is 0 Å². The van der Waals surface area contributed by atoms with E-state index in [-0.39, 0.29) is 18.3 Å². The van der Waals surface area contributed by atoms with Gasteiger partial charge in [0.2, 0.25) is 0 Å². The van der Waals surface area contributed by atoms with Crippen molar-refractivity contribution in [3.05, 3.63) is 83.6 Å². The quantitative estimate of drug-likeness (QED) is 0.463. The summed E-state index contributed by atoms with van der Waals surface area (Å²) in [4.78, 5) is 19.5. The smallest absolute Gasteiger partial charge is 0.260 e. The van der Waals surface area contributed by atoms with E-state index in [2.05, 4.69) is 6.92 Å². The van der Waals surface area contributed by atoms with Crippen molar-refractivity contribution >= 4 is 32.6 Å². The van der Waals surface area contributed by atoms with Gasteiger partial charge in [-0.3, -0.25) is 9.69 Å². The van der Waals surface area contributed by atoms with E-state index in [1.54, 1.807) is 17.2 Å². The summed E-state index contributed by atoms with van der Waals surface area (Å²) in [6.07, 6.45) is 2.44. The summed E-state index contributed by atoms with van der Waals surface area (Å²) >= 11 is 1.46. The number of amides is 1. The standard InChI is InChI=1S/C21H17FN2O2S/c1-2-14-5-3-7-18-19(14)23-21(27-18)24(13-17-6-4-12-26-17)20(25)15-8-10-16(22)11-9-15/h3-12H,2,13H2,1H3. The molecule has 0 aliphatic carbocycles. The molecular weight excluding hydrogens is 363 g/mol. The first kappa shape index (κ1) is 17.4. The molecule has 0 fully saturated rings. The molecule has 1 amide bonds. The number of fused-ring (bicyclic) bond motifs is 1. The molecule has 0 N–H and O–H groups in total. The van der Waals surface area contributed by atoms with Crippen molar-refractivity contribution in [2.45, 2.75) is 19.9 Å². The van der Waals surface area contributed by atoms with Crippen LogP contribution in [0, 0.1) is 5.82 Å². The number of furan rings is 1. The van der Waals surface area contributed by atoms with E-state index in [4.69, 9.17) is 9.40 Å². The van der Waals surface area contributed by atoms with E-state index >= 15 is 0 Å². The second kappa shape index (κ2) is 7.32. The second-order valence-electron chi connectivity index (χ2n) is 6.09. The first-order chi connectivity index (χ1) is 13.2. The van der Waals surface area contributed by atoms with Crippen LogP contribution in [0.25, 0.3) is 10.2 Å². The molecule has 6 heteroatoms. The lowest BCUT2D eigenvalue weighted by Crippen LogP contribution is -2.30. The van der Waals surface area contributed by atoms with Crippen LogP contribution in [-0.2, 0) is 13.0 Å². The Balaban J connectivity index is 1.78. The molecule has 4 nitrogen and oxygen atoms in total. The molecule has 0 bridgehead atoms. The largest absolute Gasteiger partial charge is 0.467 e. The molecule has 27 heavy (non-hydrogen) atoms. The number of para-hydroxylation sites is 1. The highest BCUT2D eigenvalue weighted by Gasteiger charge is 2.23. The van der Waals surface area contributed by atoms with Gasteiger partial charge >= 0.3 is 0 Å². The summed E-state index contributed by atoms with van der Waals surface area (Å²) in [6.45, 7) is 2.34. The lowest BCUT2D eigenvalue weighted by atomic mass is 10.1. The number of hydrogen-bond donors (Lipinski definition) is 0. The average molecular weight is 380 g/mol. The Morgan fingerprint density at radius 3 is 2.67 bits per heavy atom. The maximum absolute atomic E-state index is 13.3. The zero-order valence-corrected chi connectivity index (χ0v) is 15.5. The van der Waals surface area contributed by atoms with Crippen molar-refractivity contribution in [2.75, 3.05) is 4.90 Å². The van der Waals surface area contributed by atoms with Gasteiger partial charge in [0.15, 0.2) is 5.13 Å². The predicted octanol–water partition coefficient (Wildman–Crippen LogP) is 5.44. The third-order valence-corrected chi connectivity index (χ3v) is 5.38. The first-order valence-electron chi connectivity index (χ1n) is 8.64. The molecule has 0 atom stereocenters. The van der Waals surface area contributed by atoms with Crippen LogP contribution in [0.3, 0.4) is 0 Å². The maximum Gasteiger partial charge on any atom is 0.260 e. The van der Waals surface area contributed by atoms with Crippen molar-refractivity contribution < 1.29 is 13.6 Å². The lowest BCUT2D eigenvalue weighted by Gasteiger charge is -2.18. The predicted molar refractivity (Wildman–Crippen MR) is 105 cm³/mol. The summed E-state index contributed by atoms with van der Waals surface area (Å²) < 4.78 is 19.7. The van der Waals surface area contributed by atoms with Crippen molar-refractivity contribution in [2.24, 2.45) is 0 Å². The number of benzene rings is 2. The second-order valence-corrected chi connectivity index (χ2v) is 7.10. The van der Waals surface area contributed by atoms with Crippen molar-refractivity contribution in [1.82, 2.24) is 4.98 Å². The minimum absolute atomic E-state index is 0.247. The number of halogens is 1. The molecule has 4 aromatic rings. The third kappa shape index (κ3) is 3.48. The monoisotopic (exact) mass is 380 g/mol. The summed E-state index contributed by atoms with van der Waals surface area (Å²) in [5, 5.41) is 0.594.